The number of halogens is 2. The van der Waals surface area contributed by atoms with Crippen LogP contribution in [0.2, 0.25) is 0 Å². The number of fused-ring (bicyclic) bond motifs is 1. The van der Waals surface area contributed by atoms with Crippen molar-refractivity contribution >= 4 is 53.3 Å². The second-order valence-corrected chi connectivity index (χ2v) is 5.66. The van der Waals surface area contributed by atoms with E-state index in [0.29, 0.717) is 5.75 Å². The number of benzene rings is 1. The highest BCUT2D eigenvalue weighted by molar-refractivity contribution is 9.11. The van der Waals surface area contributed by atoms with Crippen LogP contribution in [-0.2, 0) is 5.33 Å². The van der Waals surface area contributed by atoms with Crippen molar-refractivity contribution in [3.63, 3.8) is 0 Å². The van der Waals surface area contributed by atoms with Gasteiger partial charge in [0, 0.05) is 10.7 Å². The molecule has 0 amide bonds. The first-order valence-corrected chi connectivity index (χ1v) is 6.41. The summed E-state index contributed by atoms with van der Waals surface area (Å²) in [5.41, 5.74) is 1.20. The Morgan fingerprint density at radius 2 is 2.15 bits per heavy atom. The number of rotatable bonds is 1. The third-order valence-electron chi connectivity index (χ3n) is 1.87. The summed E-state index contributed by atoms with van der Waals surface area (Å²) in [5, 5.41) is 11.5. The Morgan fingerprint density at radius 3 is 2.85 bits per heavy atom. The Labute approximate surface area is 96.6 Å². The van der Waals surface area contributed by atoms with Crippen LogP contribution in [0.4, 0.5) is 0 Å². The summed E-state index contributed by atoms with van der Waals surface area (Å²) >= 11 is 8.39. The van der Waals surface area contributed by atoms with Gasteiger partial charge in [-0.15, -0.1) is 11.3 Å². The van der Waals surface area contributed by atoms with Gasteiger partial charge < -0.3 is 5.11 Å². The Hall–Kier alpha value is -0.0600. The number of aromatic hydroxyl groups is 1. The van der Waals surface area contributed by atoms with E-state index >= 15 is 0 Å². The standard InChI is InChI=1S/C9H6Br2OS/c10-4-5-1-2-7(12)9-6(5)3-8(11)13-9/h1-3,12H,4H2. The van der Waals surface area contributed by atoms with E-state index in [1.165, 1.54) is 5.56 Å². The Balaban J connectivity index is 2.83. The monoisotopic (exact) mass is 320 g/mol. The normalized spacial score (nSPS) is 10.9. The van der Waals surface area contributed by atoms with E-state index < -0.39 is 0 Å². The van der Waals surface area contributed by atoms with E-state index in [9.17, 15) is 5.11 Å². The number of hydrogen-bond donors (Lipinski definition) is 1. The van der Waals surface area contributed by atoms with Crippen molar-refractivity contribution in [2.24, 2.45) is 0 Å². The van der Waals surface area contributed by atoms with Gasteiger partial charge in [0.1, 0.15) is 5.75 Å². The zero-order valence-electron chi connectivity index (χ0n) is 6.55. The van der Waals surface area contributed by atoms with Gasteiger partial charge in [-0.25, -0.2) is 0 Å². The summed E-state index contributed by atoms with van der Waals surface area (Å²) < 4.78 is 2.00. The maximum absolute atomic E-state index is 9.58. The molecular weight excluding hydrogens is 316 g/mol. The zero-order valence-corrected chi connectivity index (χ0v) is 10.5. The van der Waals surface area contributed by atoms with Gasteiger partial charge in [-0.05, 0) is 33.6 Å². The number of phenolic OH excluding ortho intramolecular Hbond substituents is 1. The topological polar surface area (TPSA) is 20.2 Å². The first-order chi connectivity index (χ1) is 6.22. The van der Waals surface area contributed by atoms with E-state index in [1.807, 2.05) is 12.1 Å². The van der Waals surface area contributed by atoms with Gasteiger partial charge in [-0.1, -0.05) is 22.0 Å². The van der Waals surface area contributed by atoms with Gasteiger partial charge in [0.15, 0.2) is 0 Å². The number of alkyl halides is 1. The minimum Gasteiger partial charge on any atom is -0.506 e. The van der Waals surface area contributed by atoms with Crippen LogP contribution in [0.25, 0.3) is 10.1 Å². The molecule has 0 spiro atoms. The third kappa shape index (κ3) is 1.63. The highest BCUT2D eigenvalue weighted by Gasteiger charge is 2.07. The average molecular weight is 322 g/mol. The van der Waals surface area contributed by atoms with E-state index in [0.717, 1.165) is 19.2 Å². The van der Waals surface area contributed by atoms with Crippen LogP contribution in [0, 0.1) is 0 Å². The fraction of sp³-hybridized carbons (Fsp3) is 0.111. The molecule has 13 heavy (non-hydrogen) atoms. The Morgan fingerprint density at radius 1 is 1.38 bits per heavy atom. The molecule has 0 radical (unpaired) electrons. The van der Waals surface area contributed by atoms with Gasteiger partial charge in [0.25, 0.3) is 0 Å². The summed E-state index contributed by atoms with van der Waals surface area (Å²) in [6.07, 6.45) is 0. The summed E-state index contributed by atoms with van der Waals surface area (Å²) in [5.74, 6) is 0.357. The quantitative estimate of drug-likeness (QED) is 0.778. The van der Waals surface area contributed by atoms with E-state index in [2.05, 4.69) is 31.9 Å². The third-order valence-corrected chi connectivity index (χ3v) is 4.13. The summed E-state index contributed by atoms with van der Waals surface area (Å²) in [6.45, 7) is 0. The molecule has 1 aromatic carbocycles. The predicted molar refractivity (Wildman–Crippen MR) is 63.8 cm³/mol. The molecule has 0 saturated carbocycles. The predicted octanol–water partition coefficient (Wildman–Crippen LogP) is 4.26. The average Bonchev–Trinajstić information content (AvgIpc) is 2.48. The first-order valence-electron chi connectivity index (χ1n) is 3.68. The summed E-state index contributed by atoms with van der Waals surface area (Å²) in [7, 11) is 0. The molecule has 4 heteroatoms. The van der Waals surface area contributed by atoms with Crippen molar-refractivity contribution in [3.05, 3.63) is 27.5 Å². The number of thiophene rings is 1. The van der Waals surface area contributed by atoms with E-state index in [-0.39, 0.29) is 0 Å². The van der Waals surface area contributed by atoms with Crippen LogP contribution in [-0.4, -0.2) is 5.11 Å². The van der Waals surface area contributed by atoms with E-state index in [4.69, 9.17) is 0 Å². The molecule has 2 aromatic rings. The summed E-state index contributed by atoms with van der Waals surface area (Å²) in [6, 6.07) is 5.71. The fourth-order valence-corrected chi connectivity index (χ4v) is 3.30. The molecule has 1 N–H and O–H groups in total. The Kier molecular flexibility index (Phi) is 2.62. The molecule has 68 valence electrons. The van der Waals surface area contributed by atoms with Crippen LogP contribution < -0.4 is 0 Å². The van der Waals surface area contributed by atoms with Crippen molar-refractivity contribution in [2.75, 3.05) is 0 Å². The fourth-order valence-electron chi connectivity index (χ4n) is 1.25. The second kappa shape index (κ2) is 3.59. The van der Waals surface area contributed by atoms with Crippen LogP contribution in [0.3, 0.4) is 0 Å². The van der Waals surface area contributed by atoms with Gasteiger partial charge in [0.2, 0.25) is 0 Å². The molecule has 0 bridgehead atoms. The van der Waals surface area contributed by atoms with Gasteiger partial charge in [-0.3, -0.25) is 0 Å². The minimum atomic E-state index is 0.357. The molecule has 0 saturated heterocycles. The van der Waals surface area contributed by atoms with Crippen LogP contribution in [0.1, 0.15) is 5.56 Å². The number of phenols is 1. The summed E-state index contributed by atoms with van der Waals surface area (Å²) in [4.78, 5) is 0. The molecule has 1 nitrogen and oxygen atoms in total. The molecule has 0 fully saturated rings. The van der Waals surface area contributed by atoms with Crippen molar-refractivity contribution in [3.8, 4) is 5.75 Å². The van der Waals surface area contributed by atoms with E-state index in [1.54, 1.807) is 17.4 Å². The molecule has 2 rings (SSSR count). The lowest BCUT2D eigenvalue weighted by atomic mass is 10.1. The van der Waals surface area contributed by atoms with Gasteiger partial charge >= 0.3 is 0 Å². The van der Waals surface area contributed by atoms with Crippen molar-refractivity contribution < 1.29 is 5.11 Å². The second-order valence-electron chi connectivity index (χ2n) is 2.67. The van der Waals surface area contributed by atoms with Crippen LogP contribution >= 0.6 is 43.2 Å². The van der Waals surface area contributed by atoms with Crippen LogP contribution in [0.5, 0.6) is 5.75 Å². The zero-order chi connectivity index (χ0) is 9.42. The van der Waals surface area contributed by atoms with Gasteiger partial charge in [-0.2, -0.15) is 0 Å². The molecule has 0 aliphatic heterocycles. The molecule has 1 heterocycles. The lowest BCUT2D eigenvalue weighted by molar-refractivity contribution is 0.482. The molecular formula is C9H6Br2OS. The SMILES string of the molecule is Oc1ccc(CBr)c2cc(Br)sc12. The molecule has 0 aliphatic rings. The molecule has 0 atom stereocenters. The lowest BCUT2D eigenvalue weighted by Crippen LogP contribution is -1.77. The maximum atomic E-state index is 9.58. The van der Waals surface area contributed by atoms with Crippen LogP contribution in [0.15, 0.2) is 22.0 Å². The molecule has 0 unspecified atom stereocenters. The Bertz CT molecular complexity index is 450. The highest BCUT2D eigenvalue weighted by atomic mass is 79.9. The smallest absolute Gasteiger partial charge is 0.133 e. The first kappa shape index (κ1) is 9.49. The number of hydrogen-bond acceptors (Lipinski definition) is 2. The molecule has 0 aliphatic carbocycles. The van der Waals surface area contributed by atoms with Crippen molar-refractivity contribution in [1.29, 1.82) is 0 Å². The maximum Gasteiger partial charge on any atom is 0.133 e. The van der Waals surface area contributed by atoms with Crippen molar-refractivity contribution in [1.82, 2.24) is 0 Å². The van der Waals surface area contributed by atoms with Crippen molar-refractivity contribution in [2.45, 2.75) is 5.33 Å². The minimum absolute atomic E-state index is 0.357. The van der Waals surface area contributed by atoms with Gasteiger partial charge in [0.05, 0.1) is 8.49 Å². The lowest BCUT2D eigenvalue weighted by Gasteiger charge is -1.99. The highest BCUT2D eigenvalue weighted by Crippen LogP contribution is 2.38. The molecule has 1 aromatic heterocycles. The largest absolute Gasteiger partial charge is 0.506 e.